The van der Waals surface area contributed by atoms with Crippen molar-refractivity contribution in [3.05, 3.63) is 53.9 Å². The predicted molar refractivity (Wildman–Crippen MR) is 125 cm³/mol. The number of amides is 1. The summed E-state index contributed by atoms with van der Waals surface area (Å²) in [4.78, 5) is 26.4. The molecule has 0 radical (unpaired) electrons. The van der Waals surface area contributed by atoms with Crippen molar-refractivity contribution < 1.29 is 4.79 Å². The molecule has 4 aromatic rings. The third kappa shape index (κ3) is 4.32. The number of imidazole rings is 1. The molecule has 1 saturated heterocycles. The summed E-state index contributed by atoms with van der Waals surface area (Å²) in [6.45, 7) is 6.89. The lowest BCUT2D eigenvalue weighted by Gasteiger charge is -2.33. The number of para-hydroxylation sites is 2. The van der Waals surface area contributed by atoms with E-state index >= 15 is 0 Å². The number of anilines is 1. The van der Waals surface area contributed by atoms with E-state index in [9.17, 15) is 4.79 Å². The minimum Gasteiger partial charge on any atom is -0.330 e. The first kappa shape index (κ1) is 20.1. The maximum absolute atomic E-state index is 12.5. The number of rotatable bonds is 5. The lowest BCUT2D eigenvalue weighted by atomic mass is 10.2. The van der Waals surface area contributed by atoms with Crippen molar-refractivity contribution in [2.24, 2.45) is 7.05 Å². The molecule has 0 atom stereocenters. The highest BCUT2D eigenvalue weighted by Crippen LogP contribution is 2.26. The van der Waals surface area contributed by atoms with Gasteiger partial charge in [0.05, 0.1) is 34.3 Å². The largest absolute Gasteiger partial charge is 0.330 e. The number of aromatic nitrogens is 3. The molecule has 1 aliphatic heterocycles. The molecule has 2 aromatic carbocycles. The molecule has 0 bridgehead atoms. The van der Waals surface area contributed by atoms with Gasteiger partial charge in [-0.05, 0) is 36.8 Å². The van der Waals surface area contributed by atoms with Crippen LogP contribution in [0.15, 0.2) is 42.5 Å². The van der Waals surface area contributed by atoms with Gasteiger partial charge in [0.25, 0.3) is 0 Å². The third-order valence-corrected chi connectivity index (χ3v) is 6.80. The molecule has 7 nitrogen and oxygen atoms in total. The first-order chi connectivity index (χ1) is 15.0. The van der Waals surface area contributed by atoms with E-state index < -0.39 is 0 Å². The number of fused-ring (bicyclic) bond motifs is 2. The van der Waals surface area contributed by atoms with Gasteiger partial charge in [-0.1, -0.05) is 29.5 Å². The van der Waals surface area contributed by atoms with Gasteiger partial charge in [-0.25, -0.2) is 9.97 Å². The van der Waals surface area contributed by atoms with Crippen LogP contribution in [0.3, 0.4) is 0 Å². The van der Waals surface area contributed by atoms with Crippen LogP contribution in [0.25, 0.3) is 21.3 Å². The van der Waals surface area contributed by atoms with Crippen molar-refractivity contribution in [2.75, 3.05) is 38.0 Å². The molecule has 160 valence electrons. The first-order valence-electron chi connectivity index (χ1n) is 10.6. The van der Waals surface area contributed by atoms with E-state index in [0.29, 0.717) is 11.7 Å². The molecular weight excluding hydrogens is 408 g/mol. The normalized spacial score (nSPS) is 15.7. The SMILES string of the molecule is Cc1ccc2nc(NC(=O)CN3CCN(Cc4nc5ccccc5n4C)CC3)sc2c1. The van der Waals surface area contributed by atoms with Crippen molar-refractivity contribution in [3.63, 3.8) is 0 Å². The van der Waals surface area contributed by atoms with Crippen LogP contribution in [0, 0.1) is 6.92 Å². The minimum absolute atomic E-state index is 0.000390. The minimum atomic E-state index is -0.000390. The third-order valence-electron chi connectivity index (χ3n) is 5.87. The summed E-state index contributed by atoms with van der Waals surface area (Å²) in [6, 6.07) is 14.4. The number of hydrogen-bond donors (Lipinski definition) is 1. The molecule has 0 spiro atoms. The second-order valence-electron chi connectivity index (χ2n) is 8.17. The zero-order chi connectivity index (χ0) is 21.4. The highest BCUT2D eigenvalue weighted by Gasteiger charge is 2.21. The quantitative estimate of drug-likeness (QED) is 0.522. The van der Waals surface area contributed by atoms with Crippen molar-refractivity contribution >= 4 is 43.6 Å². The average molecular weight is 435 g/mol. The molecule has 3 heterocycles. The number of thiazole rings is 1. The lowest BCUT2D eigenvalue weighted by molar-refractivity contribution is -0.117. The standard InChI is InChI=1S/C23H26N6OS/c1-16-7-8-18-20(13-16)31-23(25-18)26-22(30)15-29-11-9-28(10-12-29)14-21-24-17-5-3-4-6-19(17)27(21)2/h3-8,13H,9-12,14-15H2,1-2H3,(H,25,26,30). The molecule has 1 fully saturated rings. The van der Waals surface area contributed by atoms with Crippen molar-refractivity contribution in [2.45, 2.75) is 13.5 Å². The summed E-state index contributed by atoms with van der Waals surface area (Å²) in [5, 5.41) is 3.64. The van der Waals surface area contributed by atoms with Crippen molar-refractivity contribution in [1.82, 2.24) is 24.3 Å². The van der Waals surface area contributed by atoms with Gasteiger partial charge in [0.2, 0.25) is 5.91 Å². The summed E-state index contributed by atoms with van der Waals surface area (Å²) in [5.41, 5.74) is 4.34. The van der Waals surface area contributed by atoms with Gasteiger partial charge in [-0.2, -0.15) is 0 Å². The summed E-state index contributed by atoms with van der Waals surface area (Å²) in [5.74, 6) is 1.08. The van der Waals surface area contributed by atoms with Crippen LogP contribution in [-0.2, 0) is 18.4 Å². The molecule has 0 unspecified atom stereocenters. The fourth-order valence-corrected chi connectivity index (χ4v) is 5.07. The smallest absolute Gasteiger partial charge is 0.240 e. The van der Waals surface area contributed by atoms with E-state index in [1.807, 2.05) is 24.3 Å². The molecule has 31 heavy (non-hydrogen) atoms. The van der Waals surface area contributed by atoms with E-state index in [4.69, 9.17) is 4.98 Å². The van der Waals surface area contributed by atoms with Crippen LogP contribution in [0.2, 0.25) is 0 Å². The van der Waals surface area contributed by atoms with Gasteiger partial charge in [0, 0.05) is 33.2 Å². The fourth-order valence-electron chi connectivity index (χ4n) is 4.09. The lowest BCUT2D eigenvalue weighted by Crippen LogP contribution is -2.48. The first-order valence-corrected chi connectivity index (χ1v) is 11.4. The molecule has 1 amide bonds. The molecule has 0 aliphatic carbocycles. The Labute approximate surface area is 185 Å². The Hall–Kier alpha value is -2.81. The zero-order valence-electron chi connectivity index (χ0n) is 17.8. The number of nitrogens with zero attached hydrogens (tertiary/aromatic N) is 5. The number of carbonyl (C=O) groups excluding carboxylic acids is 1. The Bertz CT molecular complexity index is 1240. The Kier molecular flexibility index (Phi) is 5.43. The van der Waals surface area contributed by atoms with Crippen molar-refractivity contribution in [1.29, 1.82) is 0 Å². The van der Waals surface area contributed by atoms with Gasteiger partial charge in [0.1, 0.15) is 5.82 Å². The van der Waals surface area contributed by atoms with Crippen LogP contribution in [0.1, 0.15) is 11.4 Å². The van der Waals surface area contributed by atoms with Gasteiger partial charge in [-0.3, -0.25) is 14.6 Å². The van der Waals surface area contributed by atoms with Gasteiger partial charge in [-0.15, -0.1) is 0 Å². The molecule has 2 aromatic heterocycles. The average Bonchev–Trinajstić information content (AvgIpc) is 3.29. The highest BCUT2D eigenvalue weighted by molar-refractivity contribution is 7.22. The number of benzene rings is 2. The van der Waals surface area contributed by atoms with Crippen molar-refractivity contribution in [3.8, 4) is 0 Å². The highest BCUT2D eigenvalue weighted by atomic mass is 32.1. The summed E-state index contributed by atoms with van der Waals surface area (Å²) < 4.78 is 3.28. The second-order valence-corrected chi connectivity index (χ2v) is 9.20. The van der Waals surface area contributed by atoms with Crippen LogP contribution in [-0.4, -0.2) is 63.0 Å². The topological polar surface area (TPSA) is 66.3 Å². The monoisotopic (exact) mass is 434 g/mol. The maximum Gasteiger partial charge on any atom is 0.240 e. The number of aryl methyl sites for hydroxylation is 2. The second kappa shape index (κ2) is 8.37. The van der Waals surface area contributed by atoms with Crippen LogP contribution in [0.5, 0.6) is 0 Å². The fraction of sp³-hybridized carbons (Fsp3) is 0.348. The zero-order valence-corrected chi connectivity index (χ0v) is 18.7. The molecular formula is C23H26N6OS. The predicted octanol–water partition coefficient (Wildman–Crippen LogP) is 3.25. The number of nitrogens with one attached hydrogen (secondary N) is 1. The van der Waals surface area contributed by atoms with Gasteiger partial charge < -0.3 is 9.88 Å². The molecule has 0 saturated carbocycles. The van der Waals surface area contributed by atoms with Crippen LogP contribution in [0.4, 0.5) is 5.13 Å². The van der Waals surface area contributed by atoms with Gasteiger partial charge in [0.15, 0.2) is 5.13 Å². The Morgan fingerprint density at radius 1 is 1.03 bits per heavy atom. The summed E-state index contributed by atoms with van der Waals surface area (Å²) >= 11 is 1.53. The van der Waals surface area contributed by atoms with E-state index in [-0.39, 0.29) is 5.91 Å². The summed E-state index contributed by atoms with van der Waals surface area (Å²) in [7, 11) is 2.08. The van der Waals surface area contributed by atoms with Crippen LogP contribution >= 0.6 is 11.3 Å². The van der Waals surface area contributed by atoms with E-state index in [2.05, 4.69) is 56.8 Å². The van der Waals surface area contributed by atoms with Gasteiger partial charge >= 0.3 is 0 Å². The molecule has 8 heteroatoms. The Morgan fingerprint density at radius 2 is 1.81 bits per heavy atom. The number of hydrogen-bond acceptors (Lipinski definition) is 6. The van der Waals surface area contributed by atoms with E-state index in [1.54, 1.807) is 0 Å². The number of piperazine rings is 1. The maximum atomic E-state index is 12.5. The molecule has 5 rings (SSSR count). The molecule has 1 aliphatic rings. The van der Waals surface area contributed by atoms with Crippen LogP contribution < -0.4 is 5.32 Å². The van der Waals surface area contributed by atoms with E-state index in [1.165, 1.54) is 16.9 Å². The number of carbonyl (C=O) groups is 1. The molecule has 1 N–H and O–H groups in total. The Balaban J connectivity index is 1.14. The summed E-state index contributed by atoms with van der Waals surface area (Å²) in [6.07, 6.45) is 0. The Morgan fingerprint density at radius 3 is 2.61 bits per heavy atom. The van der Waals surface area contributed by atoms with E-state index in [0.717, 1.165) is 59.8 Å².